The van der Waals surface area contributed by atoms with Crippen molar-refractivity contribution < 1.29 is 18.7 Å². The molecule has 138 valence electrons. The maximum absolute atomic E-state index is 12.4. The number of carbonyl (C=O) groups is 2. The lowest BCUT2D eigenvalue weighted by atomic mass is 9.97. The molecule has 5 nitrogen and oxygen atoms in total. The Morgan fingerprint density at radius 2 is 1.96 bits per heavy atom. The molecule has 0 spiro atoms. The summed E-state index contributed by atoms with van der Waals surface area (Å²) in [7, 11) is 0. The molecule has 2 rings (SSSR count). The van der Waals surface area contributed by atoms with E-state index in [2.05, 4.69) is 35.1 Å². The molecule has 2 aromatic rings. The summed E-state index contributed by atoms with van der Waals surface area (Å²) in [4.78, 5) is 24.2. The molecule has 2 atom stereocenters. The average Bonchev–Trinajstić information content (AvgIpc) is 3.05. The van der Waals surface area contributed by atoms with Crippen molar-refractivity contribution in [1.82, 2.24) is 0 Å². The van der Waals surface area contributed by atoms with Gasteiger partial charge in [0.2, 0.25) is 0 Å². The largest absolute Gasteiger partial charge is 0.450 e. The van der Waals surface area contributed by atoms with Gasteiger partial charge in [-0.1, -0.05) is 32.0 Å². The first-order chi connectivity index (χ1) is 12.4. The number of halogens is 1. The summed E-state index contributed by atoms with van der Waals surface area (Å²) in [5.41, 5.74) is 1.80. The highest BCUT2D eigenvalue weighted by atomic mass is 79.9. The van der Waals surface area contributed by atoms with Crippen molar-refractivity contribution in [3.8, 4) is 0 Å². The Bertz CT molecular complexity index is 797. The van der Waals surface area contributed by atoms with Gasteiger partial charge < -0.3 is 14.5 Å². The number of ether oxygens (including phenoxy) is 1. The third kappa shape index (κ3) is 5.59. The zero-order valence-electron chi connectivity index (χ0n) is 15.0. The summed E-state index contributed by atoms with van der Waals surface area (Å²) in [5, 5.41) is 2.84. The van der Waals surface area contributed by atoms with E-state index in [4.69, 9.17) is 9.15 Å². The van der Waals surface area contributed by atoms with E-state index in [0.717, 1.165) is 17.7 Å². The fourth-order valence-corrected chi connectivity index (χ4v) is 2.65. The van der Waals surface area contributed by atoms with Gasteiger partial charge in [-0.15, -0.1) is 0 Å². The van der Waals surface area contributed by atoms with Crippen molar-refractivity contribution in [2.24, 2.45) is 0 Å². The van der Waals surface area contributed by atoms with Crippen LogP contribution < -0.4 is 5.32 Å². The van der Waals surface area contributed by atoms with Gasteiger partial charge in [0, 0.05) is 11.8 Å². The van der Waals surface area contributed by atoms with Gasteiger partial charge in [-0.2, -0.15) is 0 Å². The molecule has 6 heteroatoms. The van der Waals surface area contributed by atoms with Crippen molar-refractivity contribution in [1.29, 1.82) is 0 Å². The predicted molar refractivity (Wildman–Crippen MR) is 105 cm³/mol. The summed E-state index contributed by atoms with van der Waals surface area (Å²) in [5.74, 6) is -0.160. The number of anilines is 1. The van der Waals surface area contributed by atoms with E-state index >= 15 is 0 Å². The van der Waals surface area contributed by atoms with Crippen LogP contribution in [0.3, 0.4) is 0 Å². The van der Waals surface area contributed by atoms with E-state index < -0.39 is 12.1 Å². The van der Waals surface area contributed by atoms with Crippen LogP contribution in [0.15, 0.2) is 51.6 Å². The van der Waals surface area contributed by atoms with Crippen molar-refractivity contribution in [2.75, 3.05) is 5.32 Å². The van der Waals surface area contributed by atoms with Crippen LogP contribution in [0.5, 0.6) is 0 Å². The second-order valence-corrected chi connectivity index (χ2v) is 6.72. The fourth-order valence-electron chi connectivity index (χ4n) is 2.33. The number of carbonyl (C=O) groups excluding carboxylic acids is 2. The van der Waals surface area contributed by atoms with E-state index in [1.165, 1.54) is 19.1 Å². The Morgan fingerprint density at radius 1 is 1.23 bits per heavy atom. The van der Waals surface area contributed by atoms with Crippen molar-refractivity contribution in [3.05, 3.63) is 58.5 Å². The molecule has 0 aliphatic heterocycles. The van der Waals surface area contributed by atoms with Gasteiger partial charge in [0.05, 0.1) is 0 Å². The number of hydrogen-bond donors (Lipinski definition) is 1. The highest BCUT2D eigenvalue weighted by Crippen LogP contribution is 2.26. The van der Waals surface area contributed by atoms with E-state index in [1.807, 2.05) is 24.3 Å². The maximum atomic E-state index is 12.4. The van der Waals surface area contributed by atoms with Crippen LogP contribution in [0.1, 0.15) is 44.4 Å². The lowest BCUT2D eigenvalue weighted by Crippen LogP contribution is -2.29. The molecule has 0 bridgehead atoms. The Balaban J connectivity index is 1.95. The van der Waals surface area contributed by atoms with Crippen molar-refractivity contribution in [3.63, 3.8) is 0 Å². The van der Waals surface area contributed by atoms with Crippen molar-refractivity contribution in [2.45, 2.75) is 39.2 Å². The minimum Gasteiger partial charge on any atom is -0.450 e. The van der Waals surface area contributed by atoms with E-state index in [0.29, 0.717) is 16.3 Å². The quantitative estimate of drug-likeness (QED) is 0.498. The van der Waals surface area contributed by atoms with Gasteiger partial charge in [0.25, 0.3) is 5.91 Å². The predicted octanol–water partition coefficient (Wildman–Crippen LogP) is 5.14. The van der Waals surface area contributed by atoms with Crippen molar-refractivity contribution >= 4 is 39.6 Å². The Hall–Kier alpha value is -2.34. The summed E-state index contributed by atoms with van der Waals surface area (Å²) >= 11 is 3.18. The summed E-state index contributed by atoms with van der Waals surface area (Å²) in [6.07, 6.45) is 2.75. The molecule has 1 aromatic carbocycles. The van der Waals surface area contributed by atoms with Gasteiger partial charge in [-0.3, -0.25) is 4.79 Å². The molecule has 1 amide bonds. The van der Waals surface area contributed by atoms with E-state index in [9.17, 15) is 9.59 Å². The lowest BCUT2D eigenvalue weighted by Gasteiger charge is -2.17. The number of hydrogen-bond acceptors (Lipinski definition) is 4. The number of rotatable bonds is 7. The molecular weight excluding hydrogens is 398 g/mol. The third-order valence-corrected chi connectivity index (χ3v) is 4.43. The summed E-state index contributed by atoms with van der Waals surface area (Å²) < 4.78 is 11.0. The number of para-hydroxylation sites is 1. The molecule has 1 aromatic heterocycles. The summed E-state index contributed by atoms with van der Waals surface area (Å²) in [6.45, 7) is 5.74. The molecule has 0 saturated carbocycles. The molecule has 1 N–H and O–H groups in total. The first kappa shape index (κ1) is 20.0. The molecule has 1 heterocycles. The van der Waals surface area contributed by atoms with Crippen LogP contribution in [-0.2, 0) is 14.3 Å². The molecule has 0 fully saturated rings. The third-order valence-electron chi connectivity index (χ3n) is 4.00. The summed E-state index contributed by atoms with van der Waals surface area (Å²) in [6, 6.07) is 11.1. The van der Waals surface area contributed by atoms with E-state index in [1.54, 1.807) is 12.1 Å². The highest BCUT2D eigenvalue weighted by Gasteiger charge is 2.18. The lowest BCUT2D eigenvalue weighted by molar-refractivity contribution is -0.148. The molecular formula is C20H22BrNO4. The van der Waals surface area contributed by atoms with Gasteiger partial charge >= 0.3 is 5.97 Å². The molecule has 0 aliphatic rings. The first-order valence-electron chi connectivity index (χ1n) is 8.44. The second kappa shape index (κ2) is 9.38. The fraction of sp³-hybridized carbons (Fsp3) is 0.300. The maximum Gasteiger partial charge on any atom is 0.331 e. The molecule has 0 saturated heterocycles. The second-order valence-electron chi connectivity index (χ2n) is 5.94. The average molecular weight is 420 g/mol. The standard InChI is InChI=1S/C20H22BrNO4/c1-4-13(2)16-7-5-6-8-17(16)22-20(24)14(3)25-19(23)12-10-15-9-11-18(21)26-15/h5-14H,4H2,1-3H3,(H,22,24)/b12-10+/t13-,14+/m1/s1. The zero-order chi connectivity index (χ0) is 19.1. The van der Waals surface area contributed by atoms with E-state index in [-0.39, 0.29) is 5.91 Å². The SMILES string of the molecule is CC[C@@H](C)c1ccccc1NC(=O)[C@H](C)OC(=O)/C=C/c1ccc(Br)o1. The van der Waals surface area contributed by atoms with Gasteiger partial charge in [0.15, 0.2) is 10.8 Å². The number of amides is 1. The Morgan fingerprint density at radius 3 is 2.62 bits per heavy atom. The number of esters is 1. The first-order valence-corrected chi connectivity index (χ1v) is 9.23. The number of benzene rings is 1. The van der Waals surface area contributed by atoms with Crippen LogP contribution in [0.4, 0.5) is 5.69 Å². The van der Waals surface area contributed by atoms with Gasteiger partial charge in [-0.05, 0) is 65.0 Å². The monoisotopic (exact) mass is 419 g/mol. The van der Waals surface area contributed by atoms with Gasteiger partial charge in [-0.25, -0.2) is 4.79 Å². The number of nitrogens with one attached hydrogen (secondary N) is 1. The smallest absolute Gasteiger partial charge is 0.331 e. The van der Waals surface area contributed by atoms with Crippen LogP contribution in [-0.4, -0.2) is 18.0 Å². The van der Waals surface area contributed by atoms with Crippen LogP contribution in [0.2, 0.25) is 0 Å². The van der Waals surface area contributed by atoms with Crippen LogP contribution in [0, 0.1) is 0 Å². The van der Waals surface area contributed by atoms with Crippen LogP contribution >= 0.6 is 15.9 Å². The highest BCUT2D eigenvalue weighted by molar-refractivity contribution is 9.10. The molecule has 26 heavy (non-hydrogen) atoms. The van der Waals surface area contributed by atoms with Gasteiger partial charge in [0.1, 0.15) is 5.76 Å². The minimum absolute atomic E-state index is 0.319. The molecule has 0 unspecified atom stereocenters. The van der Waals surface area contributed by atoms with Crippen LogP contribution in [0.25, 0.3) is 6.08 Å². The topological polar surface area (TPSA) is 68.5 Å². The molecule has 0 radical (unpaired) electrons. The minimum atomic E-state index is -0.916. The number of furan rings is 1. The zero-order valence-corrected chi connectivity index (χ0v) is 16.6. The Kier molecular flexibility index (Phi) is 7.21. The Labute approximate surface area is 161 Å². The normalized spacial score (nSPS) is 13.4. The molecule has 0 aliphatic carbocycles.